The van der Waals surface area contributed by atoms with Gasteiger partial charge in [-0.2, -0.15) is 0 Å². The van der Waals surface area contributed by atoms with Gasteiger partial charge in [0.05, 0.1) is 66.8 Å². The average molecular weight is 905 g/mol. The second-order valence-electron chi connectivity index (χ2n) is 15.9. The Hall–Kier alpha value is -5.79. The van der Waals surface area contributed by atoms with Gasteiger partial charge in [0.15, 0.2) is 36.3 Å². The third kappa shape index (κ3) is 11.2. The molecule has 336 valence electrons. The fourth-order valence-electron chi connectivity index (χ4n) is 7.42. The van der Waals surface area contributed by atoms with Crippen LogP contribution in [-0.4, -0.2) is 126 Å². The first-order valence-corrected chi connectivity index (χ1v) is 22.4. The molecule has 4 aliphatic rings. The molecule has 2 fully saturated rings. The molecule has 0 radical (unpaired) electrons. The molecule has 0 spiro atoms. The summed E-state index contributed by atoms with van der Waals surface area (Å²) in [6.45, 7) is 13.5. The van der Waals surface area contributed by atoms with Crippen LogP contribution in [0.25, 0.3) is 0 Å². The molecular weight excluding hydrogens is 853 g/mol. The lowest BCUT2D eigenvalue weighted by Crippen LogP contribution is -2.51. The Balaban J connectivity index is 0.00000158. The number of ether oxygens (including phenoxy) is 5. The van der Waals surface area contributed by atoms with E-state index in [1.165, 1.54) is 35.8 Å². The molecule has 2 saturated heterocycles. The normalized spacial score (nSPS) is 18.9. The summed E-state index contributed by atoms with van der Waals surface area (Å²) in [7, 11) is 6.90. The number of methoxy groups -OCH3 is 2. The number of amides is 3. The molecule has 0 bridgehead atoms. The first kappa shape index (κ1) is 46.7. The summed E-state index contributed by atoms with van der Waals surface area (Å²) >= 11 is 0. The number of hydrogen-bond donors (Lipinski definition) is 1. The smallest absolute Gasteiger partial charge is 0.416 e. The number of hydrogen-bond acceptors (Lipinski definition) is 15. The summed E-state index contributed by atoms with van der Waals surface area (Å²) in [5.74, 6) is 1.11. The molecule has 17 nitrogen and oxygen atoms in total. The quantitative estimate of drug-likeness (QED) is 0.0522. The van der Waals surface area contributed by atoms with E-state index in [-0.39, 0.29) is 42.3 Å². The van der Waals surface area contributed by atoms with Crippen LogP contribution >= 0.6 is 21.6 Å². The van der Waals surface area contributed by atoms with Crippen LogP contribution < -0.4 is 23.8 Å². The van der Waals surface area contributed by atoms with Crippen molar-refractivity contribution in [3.05, 3.63) is 94.2 Å². The summed E-state index contributed by atoms with van der Waals surface area (Å²) in [5, 5.41) is 21.4. The number of carbonyl (C=O) groups is 3. The topological polar surface area (TPSA) is 196 Å². The van der Waals surface area contributed by atoms with Gasteiger partial charge in [-0.3, -0.25) is 24.7 Å². The van der Waals surface area contributed by atoms with E-state index in [1.54, 1.807) is 46.5 Å². The van der Waals surface area contributed by atoms with Crippen LogP contribution in [-0.2, 0) is 4.74 Å². The zero-order valence-electron chi connectivity index (χ0n) is 35.9. The lowest BCUT2D eigenvalue weighted by molar-refractivity contribution is -0.445. The Morgan fingerprint density at radius 1 is 0.921 bits per heavy atom. The highest BCUT2D eigenvalue weighted by Gasteiger charge is 2.46. The van der Waals surface area contributed by atoms with Crippen molar-refractivity contribution in [1.29, 1.82) is 0 Å². The number of pyridine rings is 1. The molecule has 1 aromatic heterocycles. The fraction of sp³-hybridized carbons (Fsp3) is 0.432. The standard InChI is InChI=1S/C43H49N5O9S2.CH3NO2/c1-26-16-28-22-45-31-20-36(34(53-5)18-29(31)39(49)46(28)23-26)55-14-10-7-11-15-56-37-21-32-30(19-35(37)54-6)40(50)47-24-27(2)17-33(47)41(51)48(32)42(52)57-25-43(3,4)59-58-38-12-8-9-13-44-38;1-2(3)4/h8-9,12-13,18-22,28,33,41,51H,1-2,7,10-11,14-17,23-25H2,3-6H3;1H3/t28-,33-,41-;/m0./s1. The predicted molar refractivity (Wildman–Crippen MR) is 241 cm³/mol. The molecule has 1 N–H and O–H groups in total. The molecule has 3 amide bonds. The van der Waals surface area contributed by atoms with Gasteiger partial charge in [-0.1, -0.05) is 41.2 Å². The predicted octanol–water partition coefficient (Wildman–Crippen LogP) is 7.37. The van der Waals surface area contributed by atoms with Gasteiger partial charge in [0.2, 0.25) is 0 Å². The number of benzene rings is 2. The summed E-state index contributed by atoms with van der Waals surface area (Å²) in [6.07, 6.45) is 4.45. The summed E-state index contributed by atoms with van der Waals surface area (Å²) in [5.41, 5.74) is 3.12. The Morgan fingerprint density at radius 2 is 1.54 bits per heavy atom. The number of aromatic nitrogens is 1. The number of fused-ring (bicyclic) bond motifs is 4. The zero-order valence-corrected chi connectivity index (χ0v) is 37.6. The lowest BCUT2D eigenvalue weighted by Gasteiger charge is -2.32. The van der Waals surface area contributed by atoms with Crippen LogP contribution in [0.3, 0.4) is 0 Å². The van der Waals surface area contributed by atoms with Gasteiger partial charge in [0.1, 0.15) is 11.6 Å². The first-order valence-electron chi connectivity index (χ1n) is 20.3. The monoisotopic (exact) mass is 904 g/mol. The van der Waals surface area contributed by atoms with Crippen molar-refractivity contribution in [2.75, 3.05) is 59.1 Å². The number of aliphatic imine (C=N–C) groups is 1. The van der Waals surface area contributed by atoms with Crippen LogP contribution in [0.5, 0.6) is 23.0 Å². The van der Waals surface area contributed by atoms with Gasteiger partial charge in [-0.15, -0.1) is 0 Å². The Morgan fingerprint density at radius 3 is 2.19 bits per heavy atom. The molecule has 0 aliphatic carbocycles. The molecule has 2 aromatic carbocycles. The minimum atomic E-state index is -1.41. The maximum Gasteiger partial charge on any atom is 0.416 e. The third-order valence-corrected chi connectivity index (χ3v) is 13.6. The van der Waals surface area contributed by atoms with Crippen LogP contribution in [0.2, 0.25) is 0 Å². The lowest BCUT2D eigenvalue weighted by atomic mass is 10.1. The van der Waals surface area contributed by atoms with E-state index < -0.39 is 28.0 Å². The van der Waals surface area contributed by atoms with E-state index >= 15 is 0 Å². The Kier molecular flexibility index (Phi) is 15.3. The van der Waals surface area contributed by atoms with E-state index in [0.29, 0.717) is 79.7 Å². The van der Waals surface area contributed by atoms with E-state index in [2.05, 4.69) is 23.1 Å². The number of nitrogens with zero attached hydrogens (tertiary/aromatic N) is 6. The van der Waals surface area contributed by atoms with E-state index in [1.807, 2.05) is 32.0 Å². The maximum atomic E-state index is 14.0. The number of rotatable bonds is 15. The molecule has 3 atom stereocenters. The highest BCUT2D eigenvalue weighted by atomic mass is 33.1. The van der Waals surface area contributed by atoms with Crippen LogP contribution in [0.1, 0.15) is 66.7 Å². The summed E-state index contributed by atoms with van der Waals surface area (Å²) in [4.78, 5) is 63.0. The molecule has 3 aromatic rings. The SMILES string of the molecule is C=C1C[C@H]2C=Nc3cc(OCCCCCOc4cc5c(cc4OC)C(=O)N4CC(=C)C[C@H]4[C@H](O)N5C(=O)OCC(C)(C)SSc4ccccn4)c(OC)cc3C(=O)N2C1.C[N+](=O)[O-]. The van der Waals surface area contributed by atoms with Crippen molar-refractivity contribution in [3.63, 3.8) is 0 Å². The molecular formula is C44H52N6O11S2. The number of unbranched alkanes of at least 4 members (excludes halogenated alkanes) is 2. The minimum Gasteiger partial charge on any atom is -0.493 e. The molecule has 4 aliphatic heterocycles. The van der Waals surface area contributed by atoms with Crippen molar-refractivity contribution >= 4 is 57.1 Å². The van der Waals surface area contributed by atoms with Crippen molar-refractivity contribution in [2.24, 2.45) is 4.99 Å². The van der Waals surface area contributed by atoms with Gasteiger partial charge in [0.25, 0.3) is 11.8 Å². The molecule has 19 heteroatoms. The van der Waals surface area contributed by atoms with Crippen molar-refractivity contribution in [1.82, 2.24) is 14.8 Å². The zero-order chi connectivity index (χ0) is 45.4. The van der Waals surface area contributed by atoms with Gasteiger partial charge < -0.3 is 38.6 Å². The molecule has 0 saturated carbocycles. The van der Waals surface area contributed by atoms with Gasteiger partial charge >= 0.3 is 6.09 Å². The Bertz CT molecular complexity index is 2250. The van der Waals surface area contributed by atoms with Crippen molar-refractivity contribution in [3.8, 4) is 23.0 Å². The third-order valence-electron chi connectivity index (χ3n) is 10.4. The maximum absolute atomic E-state index is 14.0. The first-order chi connectivity index (χ1) is 30.1. The average Bonchev–Trinajstić information content (AvgIpc) is 3.80. The van der Waals surface area contributed by atoms with Crippen LogP contribution in [0.15, 0.2) is 83.0 Å². The van der Waals surface area contributed by atoms with E-state index in [4.69, 9.17) is 33.8 Å². The molecule has 5 heterocycles. The van der Waals surface area contributed by atoms with E-state index in [0.717, 1.165) is 34.5 Å². The second-order valence-corrected chi connectivity index (χ2v) is 18.7. The van der Waals surface area contributed by atoms with Crippen molar-refractivity contribution < 1.29 is 48.1 Å². The van der Waals surface area contributed by atoms with Crippen LogP contribution in [0.4, 0.5) is 16.2 Å². The Labute approximate surface area is 374 Å². The minimum absolute atomic E-state index is 0.0238. The van der Waals surface area contributed by atoms with Crippen LogP contribution in [0, 0.1) is 10.1 Å². The summed E-state index contributed by atoms with van der Waals surface area (Å²) in [6, 6.07) is 11.4. The molecule has 0 unspecified atom stereocenters. The second kappa shape index (κ2) is 20.6. The van der Waals surface area contributed by atoms with Gasteiger partial charge in [-0.05, 0) is 81.0 Å². The van der Waals surface area contributed by atoms with Gasteiger partial charge in [-0.25, -0.2) is 14.7 Å². The van der Waals surface area contributed by atoms with Gasteiger partial charge in [0, 0.05) is 42.6 Å². The molecule has 7 rings (SSSR count). The van der Waals surface area contributed by atoms with E-state index in [9.17, 15) is 19.5 Å². The van der Waals surface area contributed by atoms with Crippen molar-refractivity contribution in [2.45, 2.75) is 74.0 Å². The highest BCUT2D eigenvalue weighted by Crippen LogP contribution is 2.44. The number of carbonyl (C=O) groups excluding carboxylic acids is 3. The highest BCUT2D eigenvalue weighted by molar-refractivity contribution is 8.77. The number of aliphatic hydroxyl groups excluding tert-OH is 1. The number of aliphatic hydroxyl groups is 1. The fourth-order valence-corrected chi connectivity index (χ4v) is 9.45. The number of nitro groups is 1. The molecule has 63 heavy (non-hydrogen) atoms. The number of anilines is 1. The largest absolute Gasteiger partial charge is 0.493 e. The summed E-state index contributed by atoms with van der Waals surface area (Å²) < 4.78 is 28.9.